The molecule has 0 radical (unpaired) electrons. The van der Waals surface area contributed by atoms with Crippen molar-refractivity contribution in [3.63, 3.8) is 0 Å². The van der Waals surface area contributed by atoms with E-state index in [1.165, 1.54) is 5.56 Å². The molecule has 2 aromatic carbocycles. The van der Waals surface area contributed by atoms with E-state index in [4.69, 9.17) is 0 Å². The van der Waals surface area contributed by atoms with Gasteiger partial charge in [0.2, 0.25) is 0 Å². The van der Waals surface area contributed by atoms with Gasteiger partial charge in [0, 0.05) is 12.3 Å². The lowest BCUT2D eigenvalue weighted by atomic mass is 9.90. The fourth-order valence-corrected chi connectivity index (χ4v) is 2.33. The standard InChI is InChI=1S/C18H20O/c1-2-17(13-15-9-5-3-6-10-15)18(19)14-16-11-7-4-8-12-16/h3-12,17H,2,13-14H2,1H3. The first-order chi connectivity index (χ1) is 9.29. The van der Waals surface area contributed by atoms with Gasteiger partial charge in [0.25, 0.3) is 0 Å². The number of rotatable bonds is 6. The van der Waals surface area contributed by atoms with Crippen LogP contribution >= 0.6 is 0 Å². The summed E-state index contributed by atoms with van der Waals surface area (Å²) >= 11 is 0. The summed E-state index contributed by atoms with van der Waals surface area (Å²) < 4.78 is 0. The van der Waals surface area contributed by atoms with Crippen LogP contribution in [0, 0.1) is 5.92 Å². The van der Waals surface area contributed by atoms with Gasteiger partial charge in [-0.05, 0) is 24.0 Å². The first kappa shape index (κ1) is 13.5. The summed E-state index contributed by atoms with van der Waals surface area (Å²) in [4.78, 5) is 12.3. The molecule has 1 atom stereocenters. The Bertz CT molecular complexity index is 502. The average Bonchev–Trinajstić information content (AvgIpc) is 2.47. The number of hydrogen-bond acceptors (Lipinski definition) is 1. The molecule has 2 aromatic rings. The SMILES string of the molecule is CCC(Cc1ccccc1)C(=O)Cc1ccccc1. The minimum atomic E-state index is 0.127. The highest BCUT2D eigenvalue weighted by Crippen LogP contribution is 2.15. The predicted molar refractivity (Wildman–Crippen MR) is 79.1 cm³/mol. The molecule has 1 nitrogen and oxygen atoms in total. The van der Waals surface area contributed by atoms with E-state index in [0.717, 1.165) is 18.4 Å². The van der Waals surface area contributed by atoms with E-state index in [-0.39, 0.29) is 5.92 Å². The highest BCUT2D eigenvalue weighted by Gasteiger charge is 2.17. The molecule has 0 saturated heterocycles. The maximum Gasteiger partial charge on any atom is 0.140 e. The van der Waals surface area contributed by atoms with Crippen molar-refractivity contribution in [1.29, 1.82) is 0 Å². The first-order valence-electron chi connectivity index (χ1n) is 6.90. The van der Waals surface area contributed by atoms with E-state index in [1.807, 2.05) is 48.5 Å². The molecule has 98 valence electrons. The number of carbonyl (C=O) groups is 1. The molecule has 0 aliphatic heterocycles. The highest BCUT2D eigenvalue weighted by molar-refractivity contribution is 5.83. The van der Waals surface area contributed by atoms with Gasteiger partial charge in [-0.15, -0.1) is 0 Å². The molecular weight excluding hydrogens is 232 g/mol. The maximum atomic E-state index is 12.3. The van der Waals surface area contributed by atoms with Crippen molar-refractivity contribution in [2.75, 3.05) is 0 Å². The van der Waals surface area contributed by atoms with Gasteiger partial charge in [-0.2, -0.15) is 0 Å². The molecule has 19 heavy (non-hydrogen) atoms. The predicted octanol–water partition coefficient (Wildman–Crippen LogP) is 4.07. The van der Waals surface area contributed by atoms with Gasteiger partial charge in [0.05, 0.1) is 0 Å². The molecule has 0 fully saturated rings. The Morgan fingerprint density at radius 3 is 1.95 bits per heavy atom. The van der Waals surface area contributed by atoms with Crippen molar-refractivity contribution in [3.05, 3.63) is 71.8 Å². The molecule has 0 heterocycles. The quantitative estimate of drug-likeness (QED) is 0.757. The van der Waals surface area contributed by atoms with Crippen LogP contribution in [0.2, 0.25) is 0 Å². The number of carbonyl (C=O) groups excluding carboxylic acids is 1. The van der Waals surface area contributed by atoms with Gasteiger partial charge >= 0.3 is 0 Å². The number of Topliss-reactive ketones (excluding diaryl/α,β-unsaturated/α-hetero) is 1. The van der Waals surface area contributed by atoms with Crippen LogP contribution in [0.15, 0.2) is 60.7 Å². The Kier molecular flexibility index (Phi) is 4.91. The number of ketones is 1. The maximum absolute atomic E-state index is 12.3. The van der Waals surface area contributed by atoms with E-state index in [0.29, 0.717) is 12.2 Å². The van der Waals surface area contributed by atoms with Gasteiger partial charge in [-0.3, -0.25) is 4.79 Å². The zero-order valence-electron chi connectivity index (χ0n) is 11.4. The van der Waals surface area contributed by atoms with Crippen molar-refractivity contribution in [1.82, 2.24) is 0 Å². The minimum absolute atomic E-state index is 0.127. The molecule has 0 N–H and O–H groups in total. The van der Waals surface area contributed by atoms with Crippen molar-refractivity contribution in [3.8, 4) is 0 Å². The number of hydrogen-bond donors (Lipinski definition) is 0. The molecule has 2 rings (SSSR count). The van der Waals surface area contributed by atoms with Gasteiger partial charge in [0.15, 0.2) is 0 Å². The van der Waals surface area contributed by atoms with E-state index in [2.05, 4.69) is 19.1 Å². The van der Waals surface area contributed by atoms with Crippen LogP contribution in [0.3, 0.4) is 0 Å². The Balaban J connectivity index is 2.00. The van der Waals surface area contributed by atoms with Crippen molar-refractivity contribution >= 4 is 5.78 Å². The van der Waals surface area contributed by atoms with Crippen molar-refractivity contribution in [2.45, 2.75) is 26.2 Å². The molecule has 0 saturated carbocycles. The average molecular weight is 252 g/mol. The molecule has 1 heteroatoms. The summed E-state index contributed by atoms with van der Waals surface area (Å²) in [7, 11) is 0. The van der Waals surface area contributed by atoms with Gasteiger partial charge in [-0.25, -0.2) is 0 Å². The van der Waals surface area contributed by atoms with Crippen LogP contribution < -0.4 is 0 Å². The summed E-state index contributed by atoms with van der Waals surface area (Å²) in [5, 5.41) is 0. The Morgan fingerprint density at radius 2 is 1.42 bits per heavy atom. The number of benzene rings is 2. The van der Waals surface area contributed by atoms with Gasteiger partial charge in [-0.1, -0.05) is 67.6 Å². The second kappa shape index (κ2) is 6.89. The summed E-state index contributed by atoms with van der Waals surface area (Å²) in [6.45, 7) is 2.09. The largest absolute Gasteiger partial charge is 0.299 e. The van der Waals surface area contributed by atoms with Crippen molar-refractivity contribution < 1.29 is 4.79 Å². The van der Waals surface area contributed by atoms with Crippen LogP contribution in [-0.4, -0.2) is 5.78 Å². The van der Waals surface area contributed by atoms with E-state index in [9.17, 15) is 4.79 Å². The second-order valence-corrected chi connectivity index (χ2v) is 4.92. The zero-order chi connectivity index (χ0) is 13.5. The molecule has 0 bridgehead atoms. The van der Waals surface area contributed by atoms with Gasteiger partial charge in [0.1, 0.15) is 5.78 Å². The first-order valence-corrected chi connectivity index (χ1v) is 6.90. The fourth-order valence-electron chi connectivity index (χ4n) is 2.33. The molecule has 0 amide bonds. The van der Waals surface area contributed by atoms with Crippen LogP contribution in [0.4, 0.5) is 0 Å². The van der Waals surface area contributed by atoms with Crippen LogP contribution in [0.25, 0.3) is 0 Å². The molecule has 1 unspecified atom stereocenters. The Hall–Kier alpha value is -1.89. The second-order valence-electron chi connectivity index (χ2n) is 4.92. The van der Waals surface area contributed by atoms with Crippen LogP contribution in [0.1, 0.15) is 24.5 Å². The Morgan fingerprint density at radius 1 is 0.895 bits per heavy atom. The third-order valence-corrected chi connectivity index (χ3v) is 3.49. The van der Waals surface area contributed by atoms with Crippen LogP contribution in [-0.2, 0) is 17.6 Å². The lowest BCUT2D eigenvalue weighted by molar-refractivity contribution is -0.122. The topological polar surface area (TPSA) is 17.1 Å². The van der Waals surface area contributed by atoms with E-state index >= 15 is 0 Å². The lowest BCUT2D eigenvalue weighted by Gasteiger charge is -2.14. The van der Waals surface area contributed by atoms with Gasteiger partial charge < -0.3 is 0 Å². The van der Waals surface area contributed by atoms with E-state index in [1.54, 1.807) is 0 Å². The third kappa shape index (κ3) is 4.06. The molecule has 0 aliphatic rings. The zero-order valence-corrected chi connectivity index (χ0v) is 11.4. The van der Waals surface area contributed by atoms with Crippen molar-refractivity contribution in [2.24, 2.45) is 5.92 Å². The minimum Gasteiger partial charge on any atom is -0.299 e. The molecule has 0 aromatic heterocycles. The molecule has 0 spiro atoms. The third-order valence-electron chi connectivity index (χ3n) is 3.49. The fraction of sp³-hybridized carbons (Fsp3) is 0.278. The van der Waals surface area contributed by atoms with Crippen LogP contribution in [0.5, 0.6) is 0 Å². The highest BCUT2D eigenvalue weighted by atomic mass is 16.1. The molecular formula is C18H20O. The molecule has 0 aliphatic carbocycles. The normalized spacial score (nSPS) is 12.1. The summed E-state index contributed by atoms with van der Waals surface area (Å²) in [6, 6.07) is 20.3. The lowest BCUT2D eigenvalue weighted by Crippen LogP contribution is -2.18. The smallest absolute Gasteiger partial charge is 0.140 e. The Labute approximate surface area is 115 Å². The summed E-state index contributed by atoms with van der Waals surface area (Å²) in [5.74, 6) is 0.472. The monoisotopic (exact) mass is 252 g/mol. The van der Waals surface area contributed by atoms with E-state index < -0.39 is 0 Å². The summed E-state index contributed by atoms with van der Waals surface area (Å²) in [5.41, 5.74) is 2.36. The summed E-state index contributed by atoms with van der Waals surface area (Å²) in [6.07, 6.45) is 2.30.